The number of aliphatic carboxylic acids is 2. The van der Waals surface area contributed by atoms with Gasteiger partial charge in [0, 0.05) is 6.42 Å². The van der Waals surface area contributed by atoms with Gasteiger partial charge in [-0.05, 0) is 24.8 Å². The zero-order valence-corrected chi connectivity index (χ0v) is 12.9. The van der Waals surface area contributed by atoms with Crippen LogP contribution in [0.5, 0.6) is 0 Å². The van der Waals surface area contributed by atoms with Crippen LogP contribution in [-0.4, -0.2) is 33.2 Å². The molecule has 6 nitrogen and oxygen atoms in total. The number of carboxylic acid groups (broad SMARTS) is 2. The lowest BCUT2D eigenvalue weighted by molar-refractivity contribution is -0.142. The van der Waals surface area contributed by atoms with E-state index in [9.17, 15) is 14.2 Å². The van der Waals surface area contributed by atoms with Gasteiger partial charge in [-0.15, -0.1) is 0 Å². The summed E-state index contributed by atoms with van der Waals surface area (Å²) in [5.74, 6) is -3.40. The van der Waals surface area contributed by atoms with Crippen LogP contribution in [-0.2, 0) is 14.2 Å². The van der Waals surface area contributed by atoms with Gasteiger partial charge in [-0.3, -0.25) is 9.59 Å². The lowest BCUT2D eigenvalue weighted by atomic mass is 10.1. The summed E-state index contributed by atoms with van der Waals surface area (Å²) in [7, 11) is -2.53. The van der Waals surface area contributed by atoms with E-state index in [0.29, 0.717) is 0 Å². The summed E-state index contributed by atoms with van der Waals surface area (Å²) in [4.78, 5) is 28.9. The Labute approximate surface area is 124 Å². The molecule has 0 saturated heterocycles. The van der Waals surface area contributed by atoms with Crippen LogP contribution in [0, 0.1) is 19.8 Å². The Morgan fingerprint density at radius 2 is 1.71 bits per heavy atom. The van der Waals surface area contributed by atoms with Crippen LogP contribution in [0.2, 0.25) is 0 Å². The fraction of sp³-hybridized carbons (Fsp3) is 0.429. The van der Waals surface area contributed by atoms with Gasteiger partial charge in [-0.2, -0.15) is 4.89 Å². The maximum atomic E-state index is 10.4. The molecule has 21 heavy (non-hydrogen) atoms. The first-order valence-electron chi connectivity index (χ1n) is 6.33. The van der Waals surface area contributed by atoms with Gasteiger partial charge in [0.1, 0.15) is 5.92 Å². The first kappa shape index (κ1) is 19.2. The number of aryl methyl sites for hydroxylation is 2. The molecule has 1 rings (SSSR count). The molecular weight excluding hydrogens is 295 g/mol. The van der Waals surface area contributed by atoms with Crippen molar-refractivity contribution in [3.8, 4) is 0 Å². The van der Waals surface area contributed by atoms with Crippen LogP contribution in [0.25, 0.3) is 0 Å². The molecule has 0 aliphatic carbocycles. The Morgan fingerprint density at radius 3 is 2.00 bits per heavy atom. The molecule has 0 saturated carbocycles. The molecule has 0 radical (unpaired) electrons. The SMILES string of the molecule is Cc1cccc(C)c1.O=C(O)CCC(C[P+](=O)O)C(=O)O. The van der Waals surface area contributed by atoms with Crippen LogP contribution in [0.1, 0.15) is 24.0 Å². The Balaban J connectivity index is 0.000000423. The molecular formula is C14H20O6P+. The van der Waals surface area contributed by atoms with Gasteiger partial charge in [0.25, 0.3) is 0 Å². The van der Waals surface area contributed by atoms with Crippen molar-refractivity contribution in [2.45, 2.75) is 26.7 Å². The molecule has 0 heterocycles. The summed E-state index contributed by atoms with van der Waals surface area (Å²) in [5.41, 5.74) is 2.68. The van der Waals surface area contributed by atoms with Gasteiger partial charge in [-0.25, -0.2) is 0 Å². The summed E-state index contributed by atoms with van der Waals surface area (Å²) in [6.45, 7) is 4.21. The van der Waals surface area contributed by atoms with Crippen molar-refractivity contribution in [1.29, 1.82) is 0 Å². The molecule has 1 aromatic carbocycles. The second-order valence-corrected chi connectivity index (χ2v) is 5.73. The molecule has 0 fully saturated rings. The summed E-state index contributed by atoms with van der Waals surface area (Å²) in [5, 5.41) is 16.8. The molecule has 0 aromatic heterocycles. The van der Waals surface area contributed by atoms with E-state index in [1.807, 2.05) is 0 Å². The van der Waals surface area contributed by atoms with Crippen LogP contribution in [0.3, 0.4) is 0 Å². The van der Waals surface area contributed by atoms with Gasteiger partial charge in [0.2, 0.25) is 0 Å². The standard InChI is InChI=1S/C8H10.C6H9O6P/c1-7-4-3-5-8(2)6-7;7-5(8)2-1-4(6(9)10)3-13(11)12/h3-6H,1-2H3;4H,1-3H2,(H2-,7,8,9,10,11,12)/p+1. The number of carboxylic acids is 2. The quantitative estimate of drug-likeness (QED) is 0.696. The first-order valence-corrected chi connectivity index (χ1v) is 7.73. The Morgan fingerprint density at radius 1 is 1.19 bits per heavy atom. The zero-order chi connectivity index (χ0) is 16.4. The van der Waals surface area contributed by atoms with E-state index in [2.05, 4.69) is 38.1 Å². The van der Waals surface area contributed by atoms with Crippen molar-refractivity contribution in [2.75, 3.05) is 6.16 Å². The number of hydrogen-bond donors (Lipinski definition) is 3. The maximum absolute atomic E-state index is 10.4. The smallest absolute Gasteiger partial charge is 0.481 e. The third-order valence-electron chi connectivity index (χ3n) is 2.61. The molecule has 0 aliphatic heterocycles. The van der Waals surface area contributed by atoms with Gasteiger partial charge < -0.3 is 10.2 Å². The van der Waals surface area contributed by atoms with Gasteiger partial charge in [0.15, 0.2) is 6.16 Å². The molecule has 2 unspecified atom stereocenters. The number of rotatable bonds is 6. The van der Waals surface area contributed by atoms with Crippen molar-refractivity contribution in [2.24, 2.45) is 5.92 Å². The van der Waals surface area contributed by atoms with E-state index >= 15 is 0 Å². The summed E-state index contributed by atoms with van der Waals surface area (Å²) in [6.07, 6.45) is -0.815. The van der Waals surface area contributed by atoms with Crippen molar-refractivity contribution in [3.05, 3.63) is 35.4 Å². The third-order valence-corrected chi connectivity index (χ3v) is 3.36. The van der Waals surface area contributed by atoms with Crippen LogP contribution in [0.15, 0.2) is 24.3 Å². The molecule has 116 valence electrons. The Hall–Kier alpha value is -1.78. The molecule has 0 aliphatic rings. The number of hydrogen-bond acceptors (Lipinski definition) is 3. The van der Waals surface area contributed by atoms with E-state index in [1.54, 1.807) is 0 Å². The maximum Gasteiger partial charge on any atom is 0.506 e. The van der Waals surface area contributed by atoms with Crippen LogP contribution >= 0.6 is 8.03 Å². The van der Waals surface area contributed by atoms with Gasteiger partial charge in [0.05, 0.1) is 0 Å². The van der Waals surface area contributed by atoms with E-state index in [0.717, 1.165) is 0 Å². The number of carbonyl (C=O) groups is 2. The van der Waals surface area contributed by atoms with E-state index in [4.69, 9.17) is 15.1 Å². The number of benzene rings is 1. The highest BCUT2D eigenvalue weighted by atomic mass is 31.1. The lowest BCUT2D eigenvalue weighted by Crippen LogP contribution is -2.17. The molecule has 0 amide bonds. The zero-order valence-electron chi connectivity index (χ0n) is 12.0. The highest BCUT2D eigenvalue weighted by Crippen LogP contribution is 2.21. The van der Waals surface area contributed by atoms with E-state index in [1.165, 1.54) is 11.1 Å². The van der Waals surface area contributed by atoms with Gasteiger partial charge in [-0.1, -0.05) is 35.4 Å². The lowest BCUT2D eigenvalue weighted by Gasteiger charge is -2.02. The van der Waals surface area contributed by atoms with Crippen molar-refractivity contribution >= 4 is 20.0 Å². The summed E-state index contributed by atoms with van der Waals surface area (Å²) in [6, 6.07) is 8.45. The monoisotopic (exact) mass is 315 g/mol. The third kappa shape index (κ3) is 10.6. The van der Waals surface area contributed by atoms with Gasteiger partial charge >= 0.3 is 20.0 Å². The highest BCUT2D eigenvalue weighted by molar-refractivity contribution is 7.38. The van der Waals surface area contributed by atoms with Crippen LogP contribution in [0.4, 0.5) is 0 Å². The predicted octanol–water partition coefficient (Wildman–Crippen LogP) is 2.59. The van der Waals surface area contributed by atoms with E-state index < -0.39 is 32.0 Å². The minimum atomic E-state index is -2.53. The largest absolute Gasteiger partial charge is 0.506 e. The second kappa shape index (κ2) is 10.0. The van der Waals surface area contributed by atoms with Crippen molar-refractivity contribution in [1.82, 2.24) is 0 Å². The average Bonchev–Trinajstić information content (AvgIpc) is 2.34. The molecule has 0 spiro atoms. The molecule has 3 N–H and O–H groups in total. The topological polar surface area (TPSA) is 112 Å². The fourth-order valence-corrected chi connectivity index (χ4v) is 2.30. The average molecular weight is 315 g/mol. The van der Waals surface area contributed by atoms with E-state index in [-0.39, 0.29) is 12.8 Å². The van der Waals surface area contributed by atoms with Crippen LogP contribution < -0.4 is 0 Å². The van der Waals surface area contributed by atoms with Crippen molar-refractivity contribution in [3.63, 3.8) is 0 Å². The minimum absolute atomic E-state index is 0.119. The first-order chi connectivity index (χ1) is 9.72. The minimum Gasteiger partial charge on any atom is -0.481 e. The Bertz CT molecular complexity index is 483. The Kier molecular flexibility index (Phi) is 9.17. The molecule has 0 bridgehead atoms. The highest BCUT2D eigenvalue weighted by Gasteiger charge is 2.27. The second-order valence-electron chi connectivity index (χ2n) is 4.66. The normalized spacial score (nSPS) is 11.9. The molecule has 7 heteroatoms. The van der Waals surface area contributed by atoms with Crippen molar-refractivity contribution < 1.29 is 29.3 Å². The summed E-state index contributed by atoms with van der Waals surface area (Å²) >= 11 is 0. The predicted molar refractivity (Wildman–Crippen MR) is 78.6 cm³/mol. The molecule has 2 atom stereocenters. The fourth-order valence-electron chi connectivity index (χ4n) is 1.59. The summed E-state index contributed by atoms with van der Waals surface area (Å²) < 4.78 is 10.3. The molecule has 1 aromatic rings.